The first kappa shape index (κ1) is 17.6. The van der Waals surface area contributed by atoms with Gasteiger partial charge in [-0.15, -0.1) is 11.3 Å². The summed E-state index contributed by atoms with van der Waals surface area (Å²) in [5.74, 6) is 0. The third kappa shape index (κ3) is 3.91. The average Bonchev–Trinajstić information content (AvgIpc) is 3.13. The third-order valence-corrected chi connectivity index (χ3v) is 5.20. The second-order valence-electron chi connectivity index (χ2n) is 6.60. The molecule has 0 amide bonds. The number of rotatable bonds is 2. The van der Waals surface area contributed by atoms with Gasteiger partial charge in [0.2, 0.25) is 0 Å². The third-order valence-electron chi connectivity index (χ3n) is 3.56. The van der Waals surface area contributed by atoms with Gasteiger partial charge in [-0.25, -0.2) is 4.98 Å². The van der Waals surface area contributed by atoms with Crippen LogP contribution >= 0.6 is 27.3 Å². The van der Waals surface area contributed by atoms with Crippen molar-refractivity contribution in [3.05, 3.63) is 69.9 Å². The molecule has 0 aliphatic carbocycles. The second-order valence-corrected chi connectivity index (χ2v) is 8.46. The van der Waals surface area contributed by atoms with Crippen molar-refractivity contribution in [1.29, 1.82) is 0 Å². The first-order chi connectivity index (χ1) is 11.7. The predicted molar refractivity (Wildman–Crippen MR) is 103 cm³/mol. The molecule has 0 aliphatic heterocycles. The van der Waals surface area contributed by atoms with Crippen LogP contribution in [0.15, 0.2) is 31.8 Å². The Kier molecular flexibility index (Phi) is 4.66. The Morgan fingerprint density at radius 2 is 1.76 bits per heavy atom. The molecule has 3 heterocycles. The van der Waals surface area contributed by atoms with E-state index in [4.69, 9.17) is 0 Å². The Labute approximate surface area is 155 Å². The van der Waals surface area contributed by atoms with Crippen LogP contribution in [-0.4, -0.2) is 19.9 Å². The molecule has 0 bridgehead atoms. The zero-order chi connectivity index (χ0) is 18.2. The molecule has 3 N–H and O–H groups in total. The van der Waals surface area contributed by atoms with Crippen LogP contribution in [0.25, 0.3) is 12.2 Å². The molecule has 3 aromatic rings. The monoisotopic (exact) mass is 420 g/mol. The van der Waals surface area contributed by atoms with Crippen molar-refractivity contribution in [3.8, 4) is 0 Å². The Hall–Kier alpha value is -2.19. The molecule has 0 unspecified atom stereocenters. The van der Waals surface area contributed by atoms with E-state index >= 15 is 0 Å². The minimum absolute atomic E-state index is 0.157. The van der Waals surface area contributed by atoms with Crippen LogP contribution in [0.5, 0.6) is 0 Å². The lowest BCUT2D eigenvalue weighted by atomic mass is 9.90. The van der Waals surface area contributed by atoms with E-state index < -0.39 is 0 Å². The SMILES string of the molecule is CC(C)(C)c1[nH]cnc1C=c1[nH]c(=O)c(=Cc2cc(Br)cs2)[nH]c1=O. The fourth-order valence-electron chi connectivity index (χ4n) is 2.39. The van der Waals surface area contributed by atoms with Gasteiger partial charge in [-0.05, 0) is 34.1 Å². The van der Waals surface area contributed by atoms with Crippen LogP contribution < -0.4 is 21.8 Å². The summed E-state index contributed by atoms with van der Waals surface area (Å²) >= 11 is 4.84. The van der Waals surface area contributed by atoms with E-state index in [1.54, 1.807) is 18.5 Å². The highest BCUT2D eigenvalue weighted by molar-refractivity contribution is 9.10. The lowest BCUT2D eigenvalue weighted by molar-refractivity contribution is 0.571. The highest BCUT2D eigenvalue weighted by atomic mass is 79.9. The maximum Gasteiger partial charge on any atom is 0.272 e. The zero-order valence-corrected chi connectivity index (χ0v) is 16.3. The van der Waals surface area contributed by atoms with Gasteiger partial charge in [-0.3, -0.25) is 9.59 Å². The first-order valence-electron chi connectivity index (χ1n) is 7.58. The summed E-state index contributed by atoms with van der Waals surface area (Å²) < 4.78 is 0.931. The lowest BCUT2D eigenvalue weighted by Crippen LogP contribution is -2.46. The standard InChI is InChI=1S/C17H17BrN4O2S/c1-17(2,3)14-11(19-8-20-14)6-13-16(24)21-12(15(23)22-13)5-10-4-9(18)7-25-10/h4-8H,1-3H3,(H,19,20)(H,21,24)(H,22,23). The number of aromatic amines is 3. The van der Waals surface area contributed by atoms with Crippen LogP contribution in [0.3, 0.4) is 0 Å². The number of halogens is 1. The number of nitrogens with zero attached hydrogens (tertiary/aromatic N) is 1. The molecule has 6 nitrogen and oxygen atoms in total. The number of hydrogen-bond acceptors (Lipinski definition) is 4. The molecule has 3 rings (SSSR count). The zero-order valence-electron chi connectivity index (χ0n) is 13.9. The smallest absolute Gasteiger partial charge is 0.272 e. The summed E-state index contributed by atoms with van der Waals surface area (Å²) in [6.07, 6.45) is 4.81. The van der Waals surface area contributed by atoms with Crippen molar-refractivity contribution in [3.63, 3.8) is 0 Å². The van der Waals surface area contributed by atoms with Crippen molar-refractivity contribution in [2.45, 2.75) is 26.2 Å². The molecule has 8 heteroatoms. The fourth-order valence-corrected chi connectivity index (χ4v) is 3.77. The Balaban J connectivity index is 2.14. The van der Waals surface area contributed by atoms with Crippen LogP contribution in [0.1, 0.15) is 37.0 Å². The van der Waals surface area contributed by atoms with Gasteiger partial charge in [0.15, 0.2) is 0 Å². The number of nitrogens with one attached hydrogen (secondary N) is 3. The van der Waals surface area contributed by atoms with E-state index in [9.17, 15) is 9.59 Å². The van der Waals surface area contributed by atoms with E-state index in [0.29, 0.717) is 5.69 Å². The van der Waals surface area contributed by atoms with Crippen LogP contribution in [0.2, 0.25) is 0 Å². The summed E-state index contributed by atoms with van der Waals surface area (Å²) in [6.45, 7) is 6.13. The van der Waals surface area contributed by atoms with Gasteiger partial charge in [-0.2, -0.15) is 0 Å². The molecule has 0 aromatic carbocycles. The van der Waals surface area contributed by atoms with Crippen molar-refractivity contribution in [2.24, 2.45) is 0 Å². The van der Waals surface area contributed by atoms with Gasteiger partial charge in [0.1, 0.15) is 10.7 Å². The summed E-state index contributed by atoms with van der Waals surface area (Å²) in [5.41, 5.74) is 0.641. The van der Waals surface area contributed by atoms with E-state index in [-0.39, 0.29) is 27.2 Å². The topological polar surface area (TPSA) is 94.4 Å². The van der Waals surface area contributed by atoms with Gasteiger partial charge >= 0.3 is 0 Å². The van der Waals surface area contributed by atoms with Gasteiger partial charge < -0.3 is 15.0 Å². The van der Waals surface area contributed by atoms with E-state index in [2.05, 4.69) is 35.9 Å². The molecule has 0 radical (unpaired) electrons. The fraction of sp³-hybridized carbons (Fsp3) is 0.235. The van der Waals surface area contributed by atoms with E-state index in [0.717, 1.165) is 15.0 Å². The highest BCUT2D eigenvalue weighted by Crippen LogP contribution is 2.22. The molecule has 0 saturated carbocycles. The second kappa shape index (κ2) is 6.61. The minimum atomic E-state index is -0.371. The molecule has 0 atom stereocenters. The quantitative estimate of drug-likeness (QED) is 0.586. The molecule has 0 spiro atoms. The lowest BCUT2D eigenvalue weighted by Gasteiger charge is -2.16. The van der Waals surface area contributed by atoms with Gasteiger partial charge in [0.25, 0.3) is 11.1 Å². The maximum atomic E-state index is 12.4. The minimum Gasteiger partial charge on any atom is -0.348 e. The summed E-state index contributed by atoms with van der Waals surface area (Å²) in [7, 11) is 0. The van der Waals surface area contributed by atoms with Crippen molar-refractivity contribution >= 4 is 39.4 Å². The number of imidazole rings is 1. The molecule has 0 fully saturated rings. The molecule has 25 heavy (non-hydrogen) atoms. The molecular formula is C17H17BrN4O2S. The van der Waals surface area contributed by atoms with Crippen LogP contribution in [-0.2, 0) is 5.41 Å². The summed E-state index contributed by atoms with van der Waals surface area (Å²) in [4.78, 5) is 38.1. The largest absolute Gasteiger partial charge is 0.348 e. The summed E-state index contributed by atoms with van der Waals surface area (Å²) in [5, 5.41) is 2.30. The van der Waals surface area contributed by atoms with Crippen molar-refractivity contribution in [1.82, 2.24) is 19.9 Å². The van der Waals surface area contributed by atoms with Crippen LogP contribution in [0, 0.1) is 0 Å². The van der Waals surface area contributed by atoms with Crippen LogP contribution in [0.4, 0.5) is 0 Å². The number of H-pyrrole nitrogens is 3. The summed E-state index contributed by atoms with van der Waals surface area (Å²) in [6, 6.07) is 1.88. The predicted octanol–water partition coefficient (Wildman–Crippen LogP) is 1.57. The Bertz CT molecular complexity index is 1140. The normalized spacial score (nSPS) is 13.6. The molecule has 130 valence electrons. The first-order valence-corrected chi connectivity index (χ1v) is 9.25. The van der Waals surface area contributed by atoms with Crippen molar-refractivity contribution in [2.75, 3.05) is 0 Å². The molecule has 0 saturated heterocycles. The van der Waals surface area contributed by atoms with Gasteiger partial charge in [0, 0.05) is 25.8 Å². The van der Waals surface area contributed by atoms with E-state index in [1.165, 1.54) is 11.3 Å². The highest BCUT2D eigenvalue weighted by Gasteiger charge is 2.19. The Morgan fingerprint density at radius 3 is 2.32 bits per heavy atom. The number of hydrogen-bond donors (Lipinski definition) is 3. The maximum absolute atomic E-state index is 12.4. The Morgan fingerprint density at radius 1 is 1.12 bits per heavy atom. The average molecular weight is 421 g/mol. The number of aromatic nitrogens is 4. The molecular weight excluding hydrogens is 404 g/mol. The van der Waals surface area contributed by atoms with Crippen molar-refractivity contribution < 1.29 is 0 Å². The van der Waals surface area contributed by atoms with Gasteiger partial charge in [0.05, 0.1) is 12.0 Å². The molecule has 0 aliphatic rings. The van der Waals surface area contributed by atoms with Gasteiger partial charge in [-0.1, -0.05) is 20.8 Å². The molecule has 3 aromatic heterocycles. The van der Waals surface area contributed by atoms with E-state index in [1.807, 2.05) is 32.2 Å². The number of thiophene rings is 1.